The lowest BCUT2D eigenvalue weighted by atomic mass is 10.2. The Kier molecular flexibility index (Phi) is 4.59. The Bertz CT molecular complexity index is 503. The van der Waals surface area contributed by atoms with Crippen LogP contribution in [0.3, 0.4) is 0 Å². The van der Waals surface area contributed by atoms with Crippen LogP contribution in [0, 0.1) is 5.82 Å². The average Bonchev–Trinajstić information content (AvgIpc) is 2.77. The van der Waals surface area contributed by atoms with E-state index in [4.69, 9.17) is 9.16 Å². The predicted octanol–water partition coefficient (Wildman–Crippen LogP) is 4.92. The molecule has 2 nitrogen and oxygen atoms in total. The highest BCUT2D eigenvalue weighted by Gasteiger charge is 2.39. The van der Waals surface area contributed by atoms with Gasteiger partial charge in [0.1, 0.15) is 17.7 Å². The summed E-state index contributed by atoms with van der Waals surface area (Å²) in [5.41, 5.74) is 0. The Morgan fingerprint density at radius 2 is 1.62 bits per heavy atom. The fourth-order valence-corrected chi connectivity index (χ4v) is 3.34. The number of ether oxygens (including phenoxy) is 1. The van der Waals surface area contributed by atoms with Gasteiger partial charge in [0.05, 0.1) is 6.10 Å². The quantitative estimate of drug-likeness (QED) is 0.580. The van der Waals surface area contributed by atoms with Crippen molar-refractivity contribution in [2.75, 3.05) is 0 Å². The van der Waals surface area contributed by atoms with Crippen molar-refractivity contribution in [2.45, 2.75) is 57.5 Å². The van der Waals surface area contributed by atoms with E-state index < -0.39 is 8.32 Å². The van der Waals surface area contributed by atoms with Crippen molar-refractivity contribution >= 4 is 8.32 Å². The van der Waals surface area contributed by atoms with Gasteiger partial charge in [-0.15, -0.1) is 0 Å². The standard InChI is InChI=1S/C17H25FO2Si/c1-17(2,3)21(4,5)20-16-11-10-15(12-16)19-14-8-6-13(18)7-9-14/h6-11,15-16H,12H2,1-5H3/t15-,16-/m1/s1. The first-order valence-corrected chi connectivity index (χ1v) is 10.4. The molecule has 21 heavy (non-hydrogen) atoms. The average molecular weight is 308 g/mol. The van der Waals surface area contributed by atoms with Crippen LogP contribution < -0.4 is 4.74 Å². The Hall–Kier alpha value is -1.13. The normalized spacial score (nSPS) is 22.6. The molecule has 0 unspecified atom stereocenters. The van der Waals surface area contributed by atoms with Gasteiger partial charge >= 0.3 is 0 Å². The highest BCUT2D eigenvalue weighted by Crippen LogP contribution is 2.38. The van der Waals surface area contributed by atoms with Crippen LogP contribution in [0.15, 0.2) is 36.4 Å². The number of hydrogen-bond donors (Lipinski definition) is 0. The van der Waals surface area contributed by atoms with Crippen molar-refractivity contribution < 1.29 is 13.6 Å². The summed E-state index contributed by atoms with van der Waals surface area (Å²) in [4.78, 5) is 0. The Morgan fingerprint density at radius 3 is 2.19 bits per heavy atom. The van der Waals surface area contributed by atoms with Gasteiger partial charge in [-0.1, -0.05) is 26.8 Å². The second kappa shape index (κ2) is 5.93. The van der Waals surface area contributed by atoms with Gasteiger partial charge in [0.2, 0.25) is 0 Å². The largest absolute Gasteiger partial charge is 0.486 e. The molecule has 0 bridgehead atoms. The van der Waals surface area contributed by atoms with Gasteiger partial charge in [0.15, 0.2) is 8.32 Å². The van der Waals surface area contributed by atoms with E-state index in [9.17, 15) is 4.39 Å². The van der Waals surface area contributed by atoms with Crippen LogP contribution in [0.4, 0.5) is 4.39 Å². The number of benzene rings is 1. The van der Waals surface area contributed by atoms with Crippen molar-refractivity contribution in [1.29, 1.82) is 0 Å². The first kappa shape index (κ1) is 16.2. The minimum atomic E-state index is -1.76. The molecule has 0 aliphatic heterocycles. The lowest BCUT2D eigenvalue weighted by Gasteiger charge is -2.38. The minimum Gasteiger partial charge on any atom is -0.486 e. The zero-order valence-electron chi connectivity index (χ0n) is 13.5. The zero-order chi connectivity index (χ0) is 15.7. The highest BCUT2D eigenvalue weighted by atomic mass is 28.4. The van der Waals surface area contributed by atoms with E-state index in [0.717, 1.165) is 6.42 Å². The molecule has 1 aromatic carbocycles. The molecule has 1 aliphatic carbocycles. The molecule has 2 atom stereocenters. The lowest BCUT2D eigenvalue weighted by Crippen LogP contribution is -2.43. The van der Waals surface area contributed by atoms with Gasteiger partial charge in [-0.05, 0) is 48.5 Å². The Labute approximate surface area is 128 Å². The molecular formula is C17H25FO2Si. The van der Waals surface area contributed by atoms with E-state index in [-0.39, 0.29) is 23.1 Å². The summed E-state index contributed by atoms with van der Waals surface area (Å²) in [6, 6.07) is 6.14. The molecule has 116 valence electrons. The summed E-state index contributed by atoms with van der Waals surface area (Å²) in [6.45, 7) is 11.2. The van der Waals surface area contributed by atoms with Gasteiger partial charge in [0.25, 0.3) is 0 Å². The maximum atomic E-state index is 12.9. The summed E-state index contributed by atoms with van der Waals surface area (Å²) in [5.74, 6) is 0.447. The minimum absolute atomic E-state index is 0.00484. The van der Waals surface area contributed by atoms with Crippen LogP contribution in [0.5, 0.6) is 5.75 Å². The molecule has 0 saturated carbocycles. The van der Waals surface area contributed by atoms with Crippen LogP contribution in [0.2, 0.25) is 18.1 Å². The molecule has 0 heterocycles. The molecule has 0 N–H and O–H groups in total. The van der Waals surface area contributed by atoms with Crippen molar-refractivity contribution in [3.63, 3.8) is 0 Å². The van der Waals surface area contributed by atoms with Gasteiger partial charge in [-0.3, -0.25) is 0 Å². The van der Waals surface area contributed by atoms with E-state index in [1.807, 2.05) is 6.08 Å². The smallest absolute Gasteiger partial charge is 0.192 e. The Morgan fingerprint density at radius 1 is 1.05 bits per heavy atom. The third-order valence-corrected chi connectivity index (χ3v) is 8.86. The fraction of sp³-hybridized carbons (Fsp3) is 0.529. The third kappa shape index (κ3) is 4.17. The van der Waals surface area contributed by atoms with Gasteiger partial charge in [0, 0.05) is 6.42 Å². The van der Waals surface area contributed by atoms with E-state index >= 15 is 0 Å². The molecule has 4 heteroatoms. The summed E-state index contributed by atoms with van der Waals surface area (Å²) in [7, 11) is -1.76. The molecule has 0 amide bonds. The number of hydrogen-bond acceptors (Lipinski definition) is 2. The second-order valence-electron chi connectivity index (χ2n) is 7.15. The molecule has 0 saturated heterocycles. The highest BCUT2D eigenvalue weighted by molar-refractivity contribution is 6.74. The number of rotatable bonds is 4. The zero-order valence-corrected chi connectivity index (χ0v) is 14.5. The number of halogens is 1. The van der Waals surface area contributed by atoms with E-state index in [1.54, 1.807) is 12.1 Å². The molecule has 2 rings (SSSR count). The molecule has 0 fully saturated rings. The second-order valence-corrected chi connectivity index (χ2v) is 11.9. The fourth-order valence-electron chi connectivity index (χ4n) is 2.05. The monoisotopic (exact) mass is 308 g/mol. The van der Waals surface area contributed by atoms with Crippen LogP contribution in [0.1, 0.15) is 27.2 Å². The van der Waals surface area contributed by atoms with Crippen molar-refractivity contribution in [2.24, 2.45) is 0 Å². The first-order valence-electron chi connectivity index (χ1n) is 7.46. The molecular weight excluding hydrogens is 283 g/mol. The van der Waals surface area contributed by atoms with E-state index in [0.29, 0.717) is 5.75 Å². The van der Waals surface area contributed by atoms with Gasteiger partial charge in [-0.2, -0.15) is 0 Å². The van der Waals surface area contributed by atoms with Crippen molar-refractivity contribution in [1.82, 2.24) is 0 Å². The Balaban J connectivity index is 1.90. The maximum Gasteiger partial charge on any atom is 0.192 e. The molecule has 0 spiro atoms. The topological polar surface area (TPSA) is 18.5 Å². The van der Waals surface area contributed by atoms with Crippen LogP contribution in [0.25, 0.3) is 0 Å². The predicted molar refractivity (Wildman–Crippen MR) is 86.6 cm³/mol. The maximum absolute atomic E-state index is 12.9. The summed E-state index contributed by atoms with van der Waals surface area (Å²) in [5, 5.41) is 0.205. The summed E-state index contributed by atoms with van der Waals surface area (Å²) in [6.07, 6.45) is 5.08. The van der Waals surface area contributed by atoms with Gasteiger partial charge < -0.3 is 9.16 Å². The molecule has 0 aromatic heterocycles. The van der Waals surface area contributed by atoms with E-state index in [1.165, 1.54) is 12.1 Å². The van der Waals surface area contributed by atoms with Crippen molar-refractivity contribution in [3.05, 3.63) is 42.2 Å². The summed E-state index contributed by atoms with van der Waals surface area (Å²) >= 11 is 0. The van der Waals surface area contributed by atoms with Gasteiger partial charge in [-0.25, -0.2) is 4.39 Å². The summed E-state index contributed by atoms with van der Waals surface area (Å²) < 4.78 is 25.1. The van der Waals surface area contributed by atoms with Crippen LogP contribution >= 0.6 is 0 Å². The van der Waals surface area contributed by atoms with Crippen molar-refractivity contribution in [3.8, 4) is 5.75 Å². The van der Waals surface area contributed by atoms with Crippen LogP contribution in [-0.2, 0) is 4.43 Å². The molecule has 1 aromatic rings. The molecule has 1 aliphatic rings. The third-order valence-electron chi connectivity index (χ3n) is 4.36. The first-order chi connectivity index (χ1) is 9.67. The lowest BCUT2D eigenvalue weighted by molar-refractivity contribution is 0.168. The SMILES string of the molecule is CC(C)(C)[Si](C)(C)O[C@@H]1C=C[C@@H](Oc2ccc(F)cc2)C1. The van der Waals surface area contributed by atoms with Crippen LogP contribution in [-0.4, -0.2) is 20.5 Å². The molecule has 0 radical (unpaired) electrons. The van der Waals surface area contributed by atoms with E-state index in [2.05, 4.69) is 39.9 Å².